The highest BCUT2D eigenvalue weighted by Gasteiger charge is 2.70. The van der Waals surface area contributed by atoms with Gasteiger partial charge in [0.1, 0.15) is 11.4 Å². The number of fused-ring (bicyclic) bond motifs is 4. The van der Waals surface area contributed by atoms with Crippen LogP contribution in [-0.4, -0.2) is 54.8 Å². The second kappa shape index (κ2) is 6.35. The van der Waals surface area contributed by atoms with E-state index in [-0.39, 0.29) is 25.1 Å². The van der Waals surface area contributed by atoms with E-state index >= 15 is 0 Å². The molecule has 4 rings (SSSR count). The Morgan fingerprint density at radius 1 is 1.32 bits per heavy atom. The zero-order valence-corrected chi connectivity index (χ0v) is 15.0. The number of hydrogen-bond acceptors (Lipinski definition) is 6. The standard InChI is InChI=1S/C18H19FN4O5/c1-28-5-4-23-15(25)13-11(7-12(20)24)22-18(14(13)16(23)26)9-6-8(19)2-3-10(9)21-17(18)27/h2-3,6,11,13-14,22H,4-5,7H2,1H3,(H2,20,24)(H,21,27)/t11-,13+,14+,18-/m0/s1. The number of benzene rings is 1. The number of methoxy groups -OCH3 is 1. The van der Waals surface area contributed by atoms with Gasteiger partial charge in [-0.15, -0.1) is 0 Å². The van der Waals surface area contributed by atoms with Crippen molar-refractivity contribution in [2.24, 2.45) is 17.6 Å². The summed E-state index contributed by atoms with van der Waals surface area (Å²) in [5, 5.41) is 5.64. The van der Waals surface area contributed by atoms with Crippen molar-refractivity contribution in [3.05, 3.63) is 29.6 Å². The minimum Gasteiger partial charge on any atom is -0.383 e. The van der Waals surface area contributed by atoms with Gasteiger partial charge in [-0.2, -0.15) is 0 Å². The number of likely N-dealkylation sites (tertiary alicyclic amines) is 1. The van der Waals surface area contributed by atoms with Crippen LogP contribution in [0.25, 0.3) is 0 Å². The number of nitrogens with zero attached hydrogens (tertiary/aromatic N) is 1. The van der Waals surface area contributed by atoms with Gasteiger partial charge in [0.05, 0.1) is 25.0 Å². The largest absolute Gasteiger partial charge is 0.383 e. The van der Waals surface area contributed by atoms with Gasteiger partial charge in [0.2, 0.25) is 23.6 Å². The molecular weight excluding hydrogens is 371 g/mol. The van der Waals surface area contributed by atoms with Crippen molar-refractivity contribution in [2.75, 3.05) is 25.6 Å². The third kappa shape index (κ3) is 2.38. The van der Waals surface area contributed by atoms with Crippen LogP contribution in [0.5, 0.6) is 0 Å². The number of rotatable bonds is 5. The molecule has 9 nitrogen and oxygen atoms in total. The van der Waals surface area contributed by atoms with E-state index in [2.05, 4.69) is 10.6 Å². The van der Waals surface area contributed by atoms with Crippen LogP contribution in [0.15, 0.2) is 18.2 Å². The molecule has 1 spiro atoms. The van der Waals surface area contributed by atoms with Crippen LogP contribution >= 0.6 is 0 Å². The molecule has 10 heteroatoms. The number of amides is 4. The first-order valence-electron chi connectivity index (χ1n) is 8.83. The van der Waals surface area contributed by atoms with Crippen molar-refractivity contribution in [1.29, 1.82) is 0 Å². The van der Waals surface area contributed by atoms with Gasteiger partial charge in [-0.3, -0.25) is 29.4 Å². The maximum Gasteiger partial charge on any atom is 0.250 e. The van der Waals surface area contributed by atoms with Crippen LogP contribution in [0.3, 0.4) is 0 Å². The number of halogens is 1. The van der Waals surface area contributed by atoms with Crippen molar-refractivity contribution in [3.63, 3.8) is 0 Å². The Hall–Kier alpha value is -2.85. The van der Waals surface area contributed by atoms with Gasteiger partial charge in [0.25, 0.3) is 0 Å². The maximum absolute atomic E-state index is 14.0. The molecule has 4 N–H and O–H groups in total. The molecule has 0 bridgehead atoms. The molecular formula is C18H19FN4O5. The van der Waals surface area contributed by atoms with Crippen LogP contribution in [0.2, 0.25) is 0 Å². The second-order valence-corrected chi connectivity index (χ2v) is 7.20. The molecule has 28 heavy (non-hydrogen) atoms. The predicted molar refractivity (Wildman–Crippen MR) is 93.0 cm³/mol. The van der Waals surface area contributed by atoms with Gasteiger partial charge in [0, 0.05) is 30.8 Å². The molecule has 1 aromatic carbocycles. The highest BCUT2D eigenvalue weighted by Crippen LogP contribution is 2.53. The number of carbonyl (C=O) groups is 4. The highest BCUT2D eigenvalue weighted by atomic mass is 19.1. The number of anilines is 1. The van der Waals surface area contributed by atoms with E-state index in [0.29, 0.717) is 5.69 Å². The fourth-order valence-electron chi connectivity index (χ4n) is 4.63. The Morgan fingerprint density at radius 3 is 2.75 bits per heavy atom. The molecule has 0 aliphatic carbocycles. The van der Waals surface area contributed by atoms with E-state index in [0.717, 1.165) is 4.90 Å². The smallest absolute Gasteiger partial charge is 0.250 e. The number of imide groups is 1. The minimum atomic E-state index is -1.64. The van der Waals surface area contributed by atoms with Gasteiger partial charge in [0.15, 0.2) is 0 Å². The summed E-state index contributed by atoms with van der Waals surface area (Å²) in [6.45, 7) is 0.160. The van der Waals surface area contributed by atoms with Gasteiger partial charge < -0.3 is 15.8 Å². The quantitative estimate of drug-likeness (QED) is 0.557. The lowest BCUT2D eigenvalue weighted by Gasteiger charge is -2.29. The number of carbonyl (C=O) groups excluding carboxylic acids is 4. The molecule has 3 heterocycles. The molecule has 3 aliphatic heterocycles. The highest BCUT2D eigenvalue weighted by molar-refractivity contribution is 6.15. The molecule has 0 unspecified atom stereocenters. The SMILES string of the molecule is COCCN1C(=O)[C@@H]2[C@H](CC(N)=O)N[C@]3(C(=O)Nc4ccc(F)cc43)[C@H]2C1=O. The summed E-state index contributed by atoms with van der Waals surface area (Å²) in [4.78, 5) is 51.7. The van der Waals surface area contributed by atoms with Crippen LogP contribution in [0, 0.1) is 17.7 Å². The zero-order chi connectivity index (χ0) is 20.2. The number of primary amides is 1. The number of nitrogens with two attached hydrogens (primary N) is 1. The molecule has 1 aromatic rings. The van der Waals surface area contributed by atoms with Gasteiger partial charge in [-0.05, 0) is 18.2 Å². The average Bonchev–Trinajstić information content (AvgIpc) is 3.19. The lowest BCUT2D eigenvalue weighted by Crippen LogP contribution is -2.53. The lowest BCUT2D eigenvalue weighted by molar-refractivity contribution is -0.143. The van der Waals surface area contributed by atoms with Crippen molar-refractivity contribution >= 4 is 29.3 Å². The molecule has 0 radical (unpaired) electrons. The molecule has 0 aromatic heterocycles. The normalized spacial score (nSPS) is 30.7. The molecule has 4 amide bonds. The van der Waals surface area contributed by atoms with Crippen LogP contribution in [0.4, 0.5) is 10.1 Å². The maximum atomic E-state index is 14.0. The Balaban J connectivity index is 1.85. The van der Waals surface area contributed by atoms with Gasteiger partial charge in [-0.25, -0.2) is 4.39 Å². The number of hydrogen-bond donors (Lipinski definition) is 3. The fourth-order valence-corrected chi connectivity index (χ4v) is 4.63. The molecule has 4 atom stereocenters. The first kappa shape index (κ1) is 18.5. The van der Waals surface area contributed by atoms with Crippen LogP contribution in [-0.2, 0) is 29.5 Å². The number of nitrogens with one attached hydrogen (secondary N) is 2. The summed E-state index contributed by atoms with van der Waals surface area (Å²) in [5.41, 5.74) is 4.28. The molecule has 3 aliphatic rings. The fraction of sp³-hybridized carbons (Fsp3) is 0.444. The van der Waals surface area contributed by atoms with Crippen molar-refractivity contribution in [1.82, 2.24) is 10.2 Å². The Labute approximate surface area is 159 Å². The van der Waals surface area contributed by atoms with E-state index in [1.807, 2.05) is 0 Å². The van der Waals surface area contributed by atoms with Crippen LogP contribution in [0.1, 0.15) is 12.0 Å². The molecule has 148 valence electrons. The second-order valence-electron chi connectivity index (χ2n) is 7.20. The van der Waals surface area contributed by atoms with Gasteiger partial charge in [-0.1, -0.05) is 0 Å². The van der Waals surface area contributed by atoms with E-state index in [1.54, 1.807) is 0 Å². The van der Waals surface area contributed by atoms with Crippen molar-refractivity contribution in [2.45, 2.75) is 18.0 Å². The third-order valence-electron chi connectivity index (χ3n) is 5.71. The first-order valence-corrected chi connectivity index (χ1v) is 8.83. The Bertz CT molecular complexity index is 906. The van der Waals surface area contributed by atoms with E-state index in [9.17, 15) is 23.6 Å². The molecule has 0 saturated carbocycles. The molecule has 2 saturated heterocycles. The summed E-state index contributed by atoms with van der Waals surface area (Å²) < 4.78 is 18.9. The monoisotopic (exact) mass is 390 g/mol. The predicted octanol–water partition coefficient (Wildman–Crippen LogP) is -0.932. The van der Waals surface area contributed by atoms with E-state index < -0.39 is 52.9 Å². The summed E-state index contributed by atoms with van der Waals surface area (Å²) in [6, 6.07) is 2.93. The van der Waals surface area contributed by atoms with Crippen LogP contribution < -0.4 is 16.4 Å². The first-order chi connectivity index (χ1) is 13.3. The minimum absolute atomic E-state index is 0.0260. The summed E-state index contributed by atoms with van der Waals surface area (Å²) in [7, 11) is 1.44. The Morgan fingerprint density at radius 2 is 2.07 bits per heavy atom. The zero-order valence-electron chi connectivity index (χ0n) is 15.0. The topological polar surface area (TPSA) is 131 Å². The van der Waals surface area contributed by atoms with E-state index in [4.69, 9.17) is 10.5 Å². The Kier molecular flexibility index (Phi) is 4.20. The number of ether oxygens (including phenoxy) is 1. The average molecular weight is 390 g/mol. The van der Waals surface area contributed by atoms with Gasteiger partial charge >= 0.3 is 0 Å². The third-order valence-corrected chi connectivity index (χ3v) is 5.71. The van der Waals surface area contributed by atoms with E-state index in [1.165, 1.54) is 25.3 Å². The molecule has 2 fully saturated rings. The summed E-state index contributed by atoms with van der Waals surface area (Å²) in [6.07, 6.45) is -0.238. The summed E-state index contributed by atoms with van der Waals surface area (Å²) >= 11 is 0. The lowest BCUT2D eigenvalue weighted by atomic mass is 9.76. The van der Waals surface area contributed by atoms with Crippen molar-refractivity contribution < 1.29 is 28.3 Å². The summed E-state index contributed by atoms with van der Waals surface area (Å²) in [5.74, 6) is -4.95. The van der Waals surface area contributed by atoms with Crippen molar-refractivity contribution in [3.8, 4) is 0 Å².